The normalized spacial score (nSPS) is 20.2. The molecule has 1 aromatic heterocycles. The monoisotopic (exact) mass is 513 g/mol. The zero-order valence-corrected chi connectivity index (χ0v) is 20.4. The lowest BCUT2D eigenvalue weighted by Crippen LogP contribution is -2.31. The zero-order valence-electron chi connectivity index (χ0n) is 20.4. The van der Waals surface area contributed by atoms with E-state index in [0.717, 1.165) is 0 Å². The Kier molecular flexibility index (Phi) is 6.74. The fourth-order valence-corrected chi connectivity index (χ4v) is 4.71. The quantitative estimate of drug-likeness (QED) is 0.151. The molecule has 0 radical (unpaired) electrons. The fraction of sp³-hybridized carbons (Fsp3) is 0.207. The first-order chi connectivity index (χ1) is 18.3. The summed E-state index contributed by atoms with van der Waals surface area (Å²) in [6, 6.07) is 14.8. The van der Waals surface area contributed by atoms with E-state index in [2.05, 4.69) is 0 Å². The number of hydrogen-bond donors (Lipinski definition) is 0. The topological polar surface area (TPSA) is 120 Å². The van der Waals surface area contributed by atoms with Gasteiger partial charge < -0.3 is 13.9 Å². The Bertz CT molecular complexity index is 1420. The molecule has 9 heteroatoms. The van der Waals surface area contributed by atoms with Crippen molar-refractivity contribution in [3.63, 3.8) is 0 Å². The molecule has 2 aromatic carbocycles. The number of ketones is 1. The van der Waals surface area contributed by atoms with Crippen molar-refractivity contribution in [1.82, 2.24) is 0 Å². The van der Waals surface area contributed by atoms with Gasteiger partial charge >= 0.3 is 11.9 Å². The van der Waals surface area contributed by atoms with Gasteiger partial charge in [-0.25, -0.2) is 9.59 Å². The maximum atomic E-state index is 12.9. The van der Waals surface area contributed by atoms with Crippen molar-refractivity contribution in [2.45, 2.75) is 13.3 Å². The van der Waals surface area contributed by atoms with E-state index in [0.29, 0.717) is 12.1 Å². The molecule has 2 heterocycles. The van der Waals surface area contributed by atoms with E-state index in [4.69, 9.17) is 13.9 Å². The molecule has 192 valence electrons. The summed E-state index contributed by atoms with van der Waals surface area (Å²) < 4.78 is 15.3. The average molecular weight is 514 g/mol. The van der Waals surface area contributed by atoms with Crippen molar-refractivity contribution >= 4 is 35.2 Å². The van der Waals surface area contributed by atoms with E-state index < -0.39 is 24.3 Å². The Labute approximate surface area is 217 Å². The Morgan fingerprint density at radius 3 is 2.29 bits per heavy atom. The van der Waals surface area contributed by atoms with E-state index in [1.54, 1.807) is 6.07 Å². The third kappa shape index (κ3) is 4.78. The van der Waals surface area contributed by atoms with Crippen LogP contribution < -0.4 is 9.64 Å². The predicted octanol–water partition coefficient (Wildman–Crippen LogP) is 4.24. The van der Waals surface area contributed by atoms with E-state index in [1.807, 2.05) is 19.1 Å². The molecule has 1 saturated heterocycles. The van der Waals surface area contributed by atoms with Crippen molar-refractivity contribution in [2.24, 2.45) is 17.8 Å². The molecule has 38 heavy (non-hydrogen) atoms. The Morgan fingerprint density at radius 1 is 0.921 bits per heavy atom. The van der Waals surface area contributed by atoms with Crippen LogP contribution in [-0.4, -0.2) is 36.1 Å². The van der Waals surface area contributed by atoms with Gasteiger partial charge in [-0.15, -0.1) is 0 Å². The molecular weight excluding hydrogens is 490 g/mol. The Balaban J connectivity index is 1.16. The summed E-state index contributed by atoms with van der Waals surface area (Å²) in [5.74, 6) is -2.80. The van der Waals surface area contributed by atoms with Gasteiger partial charge in [0.25, 0.3) is 0 Å². The number of anilines is 1. The van der Waals surface area contributed by atoms with Crippen LogP contribution >= 0.6 is 0 Å². The van der Waals surface area contributed by atoms with Crippen molar-refractivity contribution in [2.75, 3.05) is 11.5 Å². The van der Waals surface area contributed by atoms with E-state index in [-0.39, 0.29) is 52.2 Å². The van der Waals surface area contributed by atoms with Crippen LogP contribution in [0.2, 0.25) is 0 Å². The molecule has 9 nitrogen and oxygen atoms in total. The maximum absolute atomic E-state index is 12.9. The summed E-state index contributed by atoms with van der Waals surface area (Å²) in [5.41, 5.74) is 0.831. The molecule has 0 bridgehead atoms. The molecule has 0 spiro atoms. The summed E-state index contributed by atoms with van der Waals surface area (Å²) in [7, 11) is 0. The van der Waals surface area contributed by atoms with Gasteiger partial charge in [0.05, 0.1) is 29.3 Å². The second-order valence-electron chi connectivity index (χ2n) is 9.10. The number of amides is 2. The van der Waals surface area contributed by atoms with Crippen LogP contribution in [0.5, 0.6) is 5.75 Å². The molecule has 1 aliphatic carbocycles. The van der Waals surface area contributed by atoms with E-state index >= 15 is 0 Å². The molecule has 0 N–H and O–H groups in total. The molecule has 5 rings (SSSR count). The Morgan fingerprint density at radius 2 is 1.63 bits per heavy atom. The lowest BCUT2D eigenvalue weighted by Gasteiger charge is -2.22. The first-order valence-electron chi connectivity index (χ1n) is 12.0. The van der Waals surface area contributed by atoms with Crippen LogP contribution in [0.4, 0.5) is 5.69 Å². The first kappa shape index (κ1) is 24.9. The van der Waals surface area contributed by atoms with E-state index in [1.165, 1.54) is 65.8 Å². The summed E-state index contributed by atoms with van der Waals surface area (Å²) in [6.07, 6.45) is 5.79. The number of rotatable bonds is 7. The summed E-state index contributed by atoms with van der Waals surface area (Å²) in [6.45, 7) is 1.43. The molecule has 1 fully saturated rings. The minimum absolute atomic E-state index is 0.0186. The van der Waals surface area contributed by atoms with Crippen molar-refractivity contribution in [1.29, 1.82) is 0 Å². The fourth-order valence-electron chi connectivity index (χ4n) is 4.71. The number of esters is 2. The van der Waals surface area contributed by atoms with Gasteiger partial charge in [0.1, 0.15) is 5.75 Å². The van der Waals surface area contributed by atoms with Crippen LogP contribution in [-0.2, 0) is 14.3 Å². The number of nitrogens with zero attached hydrogens (tertiary/aromatic N) is 1. The maximum Gasteiger partial charge on any atom is 0.379 e. The number of ether oxygens (including phenoxy) is 2. The van der Waals surface area contributed by atoms with Gasteiger partial charge in [0, 0.05) is 5.56 Å². The van der Waals surface area contributed by atoms with Crippen LogP contribution in [0, 0.1) is 17.8 Å². The largest absolute Gasteiger partial charge is 0.457 e. The first-order valence-corrected chi connectivity index (χ1v) is 12.0. The summed E-state index contributed by atoms with van der Waals surface area (Å²) in [5, 5.41) is 0. The molecule has 1 aliphatic heterocycles. The third-order valence-corrected chi connectivity index (χ3v) is 6.68. The van der Waals surface area contributed by atoms with Crippen molar-refractivity contribution in [3.05, 3.63) is 96.0 Å². The molecule has 2 aliphatic rings. The second-order valence-corrected chi connectivity index (χ2v) is 9.10. The zero-order chi connectivity index (χ0) is 26.8. The number of Topliss-reactive ketones (excluding diaryl/α,β-unsaturated/α-hetero) is 1. The lowest BCUT2D eigenvalue weighted by molar-refractivity contribution is -0.122. The average Bonchev–Trinajstić information content (AvgIpc) is 3.55. The Hall–Kier alpha value is -4.79. The molecule has 3 aromatic rings. The van der Waals surface area contributed by atoms with Crippen LogP contribution in [0.1, 0.15) is 44.6 Å². The molecule has 3 atom stereocenters. The van der Waals surface area contributed by atoms with E-state index in [9.17, 15) is 24.0 Å². The van der Waals surface area contributed by atoms with Gasteiger partial charge in [0.15, 0.2) is 12.4 Å². The van der Waals surface area contributed by atoms with Crippen LogP contribution in [0.15, 0.2) is 83.5 Å². The molecule has 3 unspecified atom stereocenters. The minimum atomic E-state index is -0.723. The number of fused-ring (bicyclic) bond motifs is 1. The van der Waals surface area contributed by atoms with Crippen LogP contribution in [0.25, 0.3) is 0 Å². The number of carbonyl (C=O) groups excluding carboxylic acids is 5. The molecule has 2 amide bonds. The van der Waals surface area contributed by atoms with Gasteiger partial charge in [-0.3, -0.25) is 19.3 Å². The van der Waals surface area contributed by atoms with Gasteiger partial charge in [-0.05, 0) is 73.0 Å². The highest BCUT2D eigenvalue weighted by atomic mass is 16.5. The smallest absolute Gasteiger partial charge is 0.379 e. The summed E-state index contributed by atoms with van der Waals surface area (Å²) >= 11 is 0. The van der Waals surface area contributed by atoms with Crippen molar-refractivity contribution < 1.29 is 37.9 Å². The highest BCUT2D eigenvalue weighted by Crippen LogP contribution is 2.40. The van der Waals surface area contributed by atoms with Gasteiger partial charge in [-0.1, -0.05) is 19.1 Å². The molecular formula is C29H23NO8. The summed E-state index contributed by atoms with van der Waals surface area (Å²) in [4.78, 5) is 63.9. The third-order valence-electron chi connectivity index (χ3n) is 6.68. The number of benzene rings is 2. The number of furan rings is 1. The highest BCUT2D eigenvalue weighted by Gasteiger charge is 2.50. The van der Waals surface area contributed by atoms with Crippen LogP contribution in [0.3, 0.4) is 0 Å². The van der Waals surface area contributed by atoms with Gasteiger partial charge in [-0.2, -0.15) is 0 Å². The number of hydrogen-bond acceptors (Lipinski definition) is 8. The number of imide groups is 1. The standard InChI is InChI=1S/C29H23NO8/c1-17-4-2-5-22-25(17)27(33)30(26(22)32)20-11-7-19(8-12-20)28(34)37-16-23(31)18-9-13-21(14-10-18)38-29(35)24-6-3-15-36-24/h2-4,6-15,17,22,25H,5,16H2,1H3. The number of carbonyl (C=O) groups is 5. The minimum Gasteiger partial charge on any atom is -0.457 e. The molecule has 0 saturated carbocycles. The van der Waals surface area contributed by atoms with Crippen molar-refractivity contribution in [3.8, 4) is 5.75 Å². The predicted molar refractivity (Wildman–Crippen MR) is 134 cm³/mol. The highest BCUT2D eigenvalue weighted by molar-refractivity contribution is 6.22. The SMILES string of the molecule is CC1C=CCC2C(=O)N(c3ccc(C(=O)OCC(=O)c4ccc(OC(=O)c5ccco5)cc4)cc3)C(=O)C12. The second kappa shape index (κ2) is 10.3. The number of allylic oxidation sites excluding steroid dienone is 2. The van der Waals surface area contributed by atoms with Gasteiger partial charge in [0.2, 0.25) is 17.6 Å². The lowest BCUT2D eigenvalue weighted by atomic mass is 9.78.